The monoisotopic (exact) mass is 415 g/mol. The summed E-state index contributed by atoms with van der Waals surface area (Å²) < 4.78 is 2.02. The van der Waals surface area contributed by atoms with Crippen LogP contribution in [-0.4, -0.2) is 14.4 Å². The van der Waals surface area contributed by atoms with E-state index in [1.165, 1.54) is 0 Å². The molecule has 0 fully saturated rings. The molecule has 3 heterocycles. The second-order valence-electron chi connectivity index (χ2n) is 7.48. The van der Waals surface area contributed by atoms with Gasteiger partial charge in [-0.25, -0.2) is 9.97 Å². The molecule has 5 aromatic rings. The highest BCUT2D eigenvalue weighted by atomic mass is 15.0. The number of pyridine rings is 2. The summed E-state index contributed by atoms with van der Waals surface area (Å²) in [5.74, 6) is 7.20. The molecule has 5 rings (SSSR count). The Labute approximate surface area is 186 Å². The van der Waals surface area contributed by atoms with Crippen LogP contribution in [0, 0.1) is 18.8 Å². The molecule has 5 heteroatoms. The highest BCUT2D eigenvalue weighted by Crippen LogP contribution is 2.24. The van der Waals surface area contributed by atoms with E-state index in [0.29, 0.717) is 0 Å². The molecule has 0 unspecified atom stereocenters. The Morgan fingerprint density at radius 2 is 1.75 bits per heavy atom. The van der Waals surface area contributed by atoms with Crippen molar-refractivity contribution in [1.82, 2.24) is 14.4 Å². The maximum atomic E-state index is 6.01. The summed E-state index contributed by atoms with van der Waals surface area (Å²) >= 11 is 0. The SMILES string of the molecule is Cc1c(N)cccc1Nc1cc(C#Cc2cnc3ccc(-c4ccccc4)cn23)ccn1. The lowest BCUT2D eigenvalue weighted by molar-refractivity contribution is 1.16. The quantitative estimate of drug-likeness (QED) is 0.305. The number of nitrogen functional groups attached to an aromatic ring is 1. The van der Waals surface area contributed by atoms with Crippen molar-refractivity contribution in [3.8, 4) is 23.0 Å². The summed E-state index contributed by atoms with van der Waals surface area (Å²) in [6.07, 6.45) is 5.62. The fourth-order valence-corrected chi connectivity index (χ4v) is 3.51. The fraction of sp³-hybridized carbons (Fsp3) is 0.0370. The molecule has 0 radical (unpaired) electrons. The van der Waals surface area contributed by atoms with Crippen LogP contribution >= 0.6 is 0 Å². The van der Waals surface area contributed by atoms with Crippen molar-refractivity contribution in [3.05, 3.63) is 108 Å². The molecule has 3 aromatic heterocycles. The van der Waals surface area contributed by atoms with Gasteiger partial charge in [-0.05, 0) is 65.9 Å². The lowest BCUT2D eigenvalue weighted by atomic mass is 10.1. The van der Waals surface area contributed by atoms with Crippen LogP contribution in [0.15, 0.2) is 91.4 Å². The zero-order valence-electron chi connectivity index (χ0n) is 17.6. The van der Waals surface area contributed by atoms with Crippen molar-refractivity contribution < 1.29 is 0 Å². The molecular formula is C27H21N5. The molecule has 0 saturated carbocycles. The Bertz CT molecular complexity index is 1470. The molecule has 0 bridgehead atoms. The van der Waals surface area contributed by atoms with E-state index in [0.717, 1.165) is 50.8 Å². The number of hydrogen-bond donors (Lipinski definition) is 2. The average molecular weight is 416 g/mol. The molecule has 0 atom stereocenters. The van der Waals surface area contributed by atoms with Crippen molar-refractivity contribution in [2.75, 3.05) is 11.1 Å². The maximum absolute atomic E-state index is 6.01. The second kappa shape index (κ2) is 8.29. The van der Waals surface area contributed by atoms with Crippen LogP contribution in [0.4, 0.5) is 17.2 Å². The van der Waals surface area contributed by atoms with Gasteiger partial charge in [0.1, 0.15) is 17.2 Å². The lowest BCUT2D eigenvalue weighted by Crippen LogP contribution is -1.98. The molecular weight excluding hydrogens is 394 g/mol. The smallest absolute Gasteiger partial charge is 0.137 e. The highest BCUT2D eigenvalue weighted by Gasteiger charge is 2.05. The van der Waals surface area contributed by atoms with E-state index in [1.807, 2.05) is 65.9 Å². The number of nitrogens with zero attached hydrogens (tertiary/aromatic N) is 3. The topological polar surface area (TPSA) is 68.2 Å². The Hall–Kier alpha value is -4.56. The molecule has 0 aliphatic heterocycles. The van der Waals surface area contributed by atoms with E-state index in [9.17, 15) is 0 Å². The van der Waals surface area contributed by atoms with Gasteiger partial charge < -0.3 is 11.1 Å². The van der Waals surface area contributed by atoms with Gasteiger partial charge >= 0.3 is 0 Å². The Kier molecular flexibility index (Phi) is 5.03. The van der Waals surface area contributed by atoms with Crippen LogP contribution in [0.25, 0.3) is 16.8 Å². The Morgan fingerprint density at radius 3 is 2.62 bits per heavy atom. The van der Waals surface area contributed by atoms with Gasteiger partial charge in [0.05, 0.1) is 6.20 Å². The van der Waals surface area contributed by atoms with Crippen LogP contribution in [-0.2, 0) is 0 Å². The molecule has 0 saturated heterocycles. The van der Waals surface area contributed by atoms with E-state index < -0.39 is 0 Å². The van der Waals surface area contributed by atoms with Gasteiger partial charge in [0.15, 0.2) is 0 Å². The standard InChI is InChI=1S/C27H21N5/c1-19-24(28)8-5-9-25(19)31-26-16-20(14-15-29-26)10-12-23-17-30-27-13-11-22(18-32(23)27)21-6-3-2-4-7-21/h2-9,11,13-18H,28H2,1H3,(H,29,31). The number of benzene rings is 2. The van der Waals surface area contributed by atoms with E-state index in [2.05, 4.69) is 51.5 Å². The molecule has 2 aromatic carbocycles. The average Bonchev–Trinajstić information content (AvgIpc) is 3.24. The first-order valence-electron chi connectivity index (χ1n) is 10.3. The number of aromatic nitrogens is 3. The van der Waals surface area contributed by atoms with Crippen LogP contribution in [0.2, 0.25) is 0 Å². The first-order chi connectivity index (χ1) is 15.7. The minimum Gasteiger partial charge on any atom is -0.398 e. The lowest BCUT2D eigenvalue weighted by Gasteiger charge is -2.10. The van der Waals surface area contributed by atoms with Gasteiger partial charge in [-0.1, -0.05) is 42.3 Å². The molecule has 0 aliphatic carbocycles. The number of nitrogens with two attached hydrogens (primary N) is 1. The van der Waals surface area contributed by atoms with Gasteiger partial charge in [0.2, 0.25) is 0 Å². The minimum absolute atomic E-state index is 0.718. The largest absolute Gasteiger partial charge is 0.398 e. The fourth-order valence-electron chi connectivity index (χ4n) is 3.51. The van der Waals surface area contributed by atoms with E-state index in [4.69, 9.17) is 5.73 Å². The Balaban J connectivity index is 1.44. The van der Waals surface area contributed by atoms with Crippen molar-refractivity contribution in [3.63, 3.8) is 0 Å². The van der Waals surface area contributed by atoms with Crippen molar-refractivity contribution in [2.45, 2.75) is 6.92 Å². The number of hydrogen-bond acceptors (Lipinski definition) is 4. The molecule has 32 heavy (non-hydrogen) atoms. The van der Waals surface area contributed by atoms with Gasteiger partial charge in [-0.2, -0.15) is 0 Å². The van der Waals surface area contributed by atoms with Gasteiger partial charge in [-0.15, -0.1) is 0 Å². The third-order valence-electron chi connectivity index (χ3n) is 5.35. The van der Waals surface area contributed by atoms with Gasteiger partial charge in [0, 0.05) is 29.3 Å². The molecule has 0 aliphatic rings. The van der Waals surface area contributed by atoms with Crippen LogP contribution in [0.3, 0.4) is 0 Å². The first-order valence-corrected chi connectivity index (χ1v) is 10.3. The summed E-state index contributed by atoms with van der Waals surface area (Å²) in [4.78, 5) is 8.89. The van der Waals surface area contributed by atoms with Crippen molar-refractivity contribution in [1.29, 1.82) is 0 Å². The number of imidazole rings is 1. The second-order valence-corrected chi connectivity index (χ2v) is 7.48. The summed E-state index contributed by atoms with van der Waals surface area (Å²) in [5.41, 5.74) is 13.5. The number of fused-ring (bicyclic) bond motifs is 1. The number of rotatable bonds is 3. The molecule has 3 N–H and O–H groups in total. The maximum Gasteiger partial charge on any atom is 0.137 e. The zero-order chi connectivity index (χ0) is 21.9. The van der Waals surface area contributed by atoms with E-state index in [1.54, 1.807) is 12.4 Å². The summed E-state index contributed by atoms with van der Waals surface area (Å²) in [6, 6.07) is 24.0. The minimum atomic E-state index is 0.718. The van der Waals surface area contributed by atoms with Crippen LogP contribution < -0.4 is 11.1 Å². The summed E-state index contributed by atoms with van der Waals surface area (Å²) in [6.45, 7) is 1.98. The summed E-state index contributed by atoms with van der Waals surface area (Å²) in [7, 11) is 0. The normalized spacial score (nSPS) is 10.5. The van der Waals surface area contributed by atoms with Crippen LogP contribution in [0.5, 0.6) is 0 Å². The number of nitrogens with one attached hydrogen (secondary N) is 1. The summed E-state index contributed by atoms with van der Waals surface area (Å²) in [5, 5.41) is 3.33. The van der Waals surface area contributed by atoms with Gasteiger partial charge in [-0.3, -0.25) is 4.40 Å². The number of anilines is 3. The third kappa shape index (κ3) is 3.90. The molecule has 5 nitrogen and oxygen atoms in total. The van der Waals surface area contributed by atoms with E-state index >= 15 is 0 Å². The Morgan fingerprint density at radius 1 is 0.875 bits per heavy atom. The van der Waals surface area contributed by atoms with Crippen molar-refractivity contribution in [2.24, 2.45) is 0 Å². The third-order valence-corrected chi connectivity index (χ3v) is 5.35. The van der Waals surface area contributed by atoms with Crippen LogP contribution in [0.1, 0.15) is 16.8 Å². The highest BCUT2D eigenvalue weighted by molar-refractivity contribution is 5.68. The molecule has 0 amide bonds. The predicted molar refractivity (Wildman–Crippen MR) is 130 cm³/mol. The van der Waals surface area contributed by atoms with Crippen molar-refractivity contribution >= 4 is 22.8 Å². The van der Waals surface area contributed by atoms with E-state index in [-0.39, 0.29) is 0 Å². The molecule has 154 valence electrons. The molecule has 0 spiro atoms. The zero-order valence-corrected chi connectivity index (χ0v) is 17.6. The van der Waals surface area contributed by atoms with Gasteiger partial charge in [0.25, 0.3) is 0 Å². The first kappa shape index (κ1) is 19.4. The predicted octanol–water partition coefficient (Wildman–Crippen LogP) is 5.43.